The van der Waals surface area contributed by atoms with Gasteiger partial charge in [0.15, 0.2) is 0 Å². The van der Waals surface area contributed by atoms with Gasteiger partial charge in [0.05, 0.1) is 24.5 Å². The number of fused-ring (bicyclic) bond motifs is 1. The van der Waals surface area contributed by atoms with Crippen molar-refractivity contribution < 1.29 is 13.2 Å². The number of amides is 1. The molecule has 0 spiro atoms. The highest BCUT2D eigenvalue weighted by Gasteiger charge is 2.39. The van der Waals surface area contributed by atoms with E-state index in [2.05, 4.69) is 9.97 Å². The summed E-state index contributed by atoms with van der Waals surface area (Å²) in [5.74, 6) is -0.117. The lowest BCUT2D eigenvalue weighted by Gasteiger charge is -2.43. The Morgan fingerprint density at radius 3 is 2.63 bits per heavy atom. The summed E-state index contributed by atoms with van der Waals surface area (Å²) in [5, 5.41) is 0.978. The molecule has 4 rings (SSSR count). The van der Waals surface area contributed by atoms with Crippen molar-refractivity contribution in [3.8, 4) is 0 Å². The minimum absolute atomic E-state index is 0.117. The van der Waals surface area contributed by atoms with Crippen LogP contribution in [0.25, 0.3) is 10.9 Å². The Morgan fingerprint density at radius 1 is 1.22 bits per heavy atom. The standard InChI is InChI=1S/C19H20N4O3S/c1-27(25,26)23(11-15-7-4-5-9-20-15)16-12-22(13-16)19(24)18-10-14-6-2-3-8-17(14)21-18/h2-10,16,21H,11-13H2,1H3. The molecule has 0 unspecified atom stereocenters. The lowest BCUT2D eigenvalue weighted by atomic mass is 10.1. The first-order chi connectivity index (χ1) is 12.9. The van der Waals surface area contributed by atoms with Crippen molar-refractivity contribution in [2.24, 2.45) is 0 Å². The zero-order valence-electron chi connectivity index (χ0n) is 14.9. The predicted molar refractivity (Wildman–Crippen MR) is 103 cm³/mol. The zero-order valence-corrected chi connectivity index (χ0v) is 15.7. The van der Waals surface area contributed by atoms with Gasteiger partial charge in [-0.2, -0.15) is 4.31 Å². The first kappa shape index (κ1) is 17.7. The first-order valence-electron chi connectivity index (χ1n) is 8.65. The van der Waals surface area contributed by atoms with E-state index in [0.717, 1.165) is 10.9 Å². The van der Waals surface area contributed by atoms with Gasteiger partial charge in [-0.15, -0.1) is 0 Å². The Labute approximate surface area is 157 Å². The number of hydrogen-bond acceptors (Lipinski definition) is 4. The van der Waals surface area contributed by atoms with E-state index in [0.29, 0.717) is 24.5 Å². The molecule has 7 nitrogen and oxygen atoms in total. The average Bonchev–Trinajstić information content (AvgIpc) is 3.04. The first-order valence-corrected chi connectivity index (χ1v) is 10.5. The number of nitrogens with one attached hydrogen (secondary N) is 1. The van der Waals surface area contributed by atoms with E-state index in [1.54, 1.807) is 23.2 Å². The van der Waals surface area contributed by atoms with Crippen molar-refractivity contribution in [2.75, 3.05) is 19.3 Å². The van der Waals surface area contributed by atoms with Crippen LogP contribution in [0, 0.1) is 0 Å². The lowest BCUT2D eigenvalue weighted by Crippen LogP contribution is -2.61. The molecule has 1 aliphatic rings. The summed E-state index contributed by atoms with van der Waals surface area (Å²) < 4.78 is 25.9. The van der Waals surface area contributed by atoms with Gasteiger partial charge >= 0.3 is 0 Å². The van der Waals surface area contributed by atoms with Gasteiger partial charge in [-0.3, -0.25) is 9.78 Å². The quantitative estimate of drug-likeness (QED) is 0.727. The molecule has 1 amide bonds. The number of carbonyl (C=O) groups is 1. The molecule has 0 aliphatic carbocycles. The predicted octanol–water partition coefficient (Wildman–Crippen LogP) is 1.85. The largest absolute Gasteiger partial charge is 0.351 e. The molecular weight excluding hydrogens is 364 g/mol. The number of para-hydroxylation sites is 1. The monoisotopic (exact) mass is 384 g/mol. The minimum Gasteiger partial charge on any atom is -0.351 e. The second kappa shape index (κ2) is 6.79. The summed E-state index contributed by atoms with van der Waals surface area (Å²) in [6.07, 6.45) is 2.83. The van der Waals surface area contributed by atoms with Crippen molar-refractivity contribution in [1.29, 1.82) is 0 Å². The Balaban J connectivity index is 1.46. The highest BCUT2D eigenvalue weighted by Crippen LogP contribution is 2.23. The number of hydrogen-bond donors (Lipinski definition) is 1. The topological polar surface area (TPSA) is 86.4 Å². The summed E-state index contributed by atoms with van der Waals surface area (Å²) in [7, 11) is -3.41. The van der Waals surface area contributed by atoms with Gasteiger partial charge in [0.2, 0.25) is 10.0 Å². The normalized spacial score (nSPS) is 15.3. The number of nitrogens with zero attached hydrogens (tertiary/aromatic N) is 3. The van der Waals surface area contributed by atoms with E-state index in [1.165, 1.54) is 10.6 Å². The minimum atomic E-state index is -3.41. The van der Waals surface area contributed by atoms with Gasteiger partial charge in [0.1, 0.15) is 5.69 Å². The second-order valence-electron chi connectivity index (χ2n) is 6.76. The van der Waals surface area contributed by atoms with Crippen LogP contribution in [0.5, 0.6) is 0 Å². The molecule has 3 aromatic rings. The molecule has 8 heteroatoms. The second-order valence-corrected chi connectivity index (χ2v) is 8.70. The molecule has 2 aromatic heterocycles. The highest BCUT2D eigenvalue weighted by molar-refractivity contribution is 7.88. The van der Waals surface area contributed by atoms with E-state index in [-0.39, 0.29) is 18.5 Å². The molecule has 1 fully saturated rings. The SMILES string of the molecule is CS(=O)(=O)N(Cc1ccccn1)C1CN(C(=O)c2cc3ccccc3[nH]2)C1. The number of H-pyrrole nitrogens is 1. The number of benzene rings is 1. The molecule has 0 atom stereocenters. The third kappa shape index (κ3) is 3.58. The van der Waals surface area contributed by atoms with Crippen LogP contribution >= 0.6 is 0 Å². The van der Waals surface area contributed by atoms with Crippen molar-refractivity contribution in [3.05, 3.63) is 66.1 Å². The molecule has 140 valence electrons. The molecule has 0 bridgehead atoms. The fourth-order valence-corrected chi connectivity index (χ4v) is 4.37. The molecule has 1 aromatic carbocycles. The van der Waals surface area contributed by atoms with Crippen LogP contribution in [-0.2, 0) is 16.6 Å². The molecule has 1 saturated heterocycles. The number of likely N-dealkylation sites (tertiary alicyclic amines) is 1. The number of aromatic amines is 1. The smallest absolute Gasteiger partial charge is 0.270 e. The van der Waals surface area contributed by atoms with Crippen LogP contribution in [0.1, 0.15) is 16.2 Å². The zero-order chi connectivity index (χ0) is 19.0. The molecule has 0 saturated carbocycles. The van der Waals surface area contributed by atoms with E-state index in [9.17, 15) is 13.2 Å². The van der Waals surface area contributed by atoms with Crippen LogP contribution < -0.4 is 0 Å². The fourth-order valence-electron chi connectivity index (χ4n) is 3.33. The lowest BCUT2D eigenvalue weighted by molar-refractivity contribution is 0.0437. The summed E-state index contributed by atoms with van der Waals surface area (Å²) in [5.41, 5.74) is 2.11. The van der Waals surface area contributed by atoms with E-state index < -0.39 is 10.0 Å². The van der Waals surface area contributed by atoms with Crippen LogP contribution in [0.4, 0.5) is 0 Å². The van der Waals surface area contributed by atoms with E-state index in [4.69, 9.17) is 0 Å². The van der Waals surface area contributed by atoms with Gasteiger partial charge in [-0.1, -0.05) is 24.3 Å². The van der Waals surface area contributed by atoms with Crippen molar-refractivity contribution in [2.45, 2.75) is 12.6 Å². The van der Waals surface area contributed by atoms with Crippen molar-refractivity contribution >= 4 is 26.8 Å². The summed E-state index contributed by atoms with van der Waals surface area (Å²) in [4.78, 5) is 21.7. The summed E-state index contributed by atoms with van der Waals surface area (Å²) in [6.45, 7) is 0.945. The number of sulfonamides is 1. The van der Waals surface area contributed by atoms with Crippen molar-refractivity contribution in [1.82, 2.24) is 19.2 Å². The van der Waals surface area contributed by atoms with Gasteiger partial charge in [0.25, 0.3) is 5.91 Å². The Bertz CT molecular complexity index is 1040. The highest BCUT2D eigenvalue weighted by atomic mass is 32.2. The van der Waals surface area contributed by atoms with Gasteiger partial charge in [-0.25, -0.2) is 8.42 Å². The van der Waals surface area contributed by atoms with E-state index >= 15 is 0 Å². The average molecular weight is 384 g/mol. The number of pyridine rings is 1. The molecule has 1 N–H and O–H groups in total. The van der Waals surface area contributed by atoms with Gasteiger partial charge in [-0.05, 0) is 24.3 Å². The van der Waals surface area contributed by atoms with Crippen LogP contribution in [0.3, 0.4) is 0 Å². The molecule has 3 heterocycles. The molecule has 27 heavy (non-hydrogen) atoms. The third-order valence-electron chi connectivity index (χ3n) is 4.79. The Hall–Kier alpha value is -2.71. The van der Waals surface area contributed by atoms with Crippen LogP contribution in [0.2, 0.25) is 0 Å². The fraction of sp³-hybridized carbons (Fsp3) is 0.263. The van der Waals surface area contributed by atoms with Gasteiger partial charge in [0, 0.05) is 30.2 Å². The summed E-state index contributed by atoms with van der Waals surface area (Å²) in [6, 6.07) is 14.7. The molecule has 1 aliphatic heterocycles. The van der Waals surface area contributed by atoms with Crippen molar-refractivity contribution in [3.63, 3.8) is 0 Å². The van der Waals surface area contributed by atoms with Crippen LogP contribution in [-0.4, -0.2) is 58.9 Å². The Morgan fingerprint density at radius 2 is 1.96 bits per heavy atom. The third-order valence-corrected chi connectivity index (χ3v) is 6.07. The Kier molecular flexibility index (Phi) is 4.45. The summed E-state index contributed by atoms with van der Waals surface area (Å²) >= 11 is 0. The molecule has 0 radical (unpaired) electrons. The number of rotatable bonds is 5. The maximum Gasteiger partial charge on any atom is 0.270 e. The van der Waals surface area contributed by atoms with E-state index in [1.807, 2.05) is 36.4 Å². The maximum absolute atomic E-state index is 12.7. The number of carbonyl (C=O) groups excluding carboxylic acids is 1. The number of aromatic nitrogens is 2. The van der Waals surface area contributed by atoms with Crippen LogP contribution in [0.15, 0.2) is 54.7 Å². The van der Waals surface area contributed by atoms with Gasteiger partial charge < -0.3 is 9.88 Å². The maximum atomic E-state index is 12.7. The molecular formula is C19H20N4O3S.